The molecule has 2 aliphatic rings. The molecule has 3 aromatic rings. The number of halogens is 3. The molecule has 1 aromatic heterocycles. The van der Waals surface area contributed by atoms with E-state index in [9.17, 15) is 14.7 Å². The second-order valence-electron chi connectivity index (χ2n) is 9.81. The Hall–Kier alpha value is -3.78. The first kappa shape index (κ1) is 30.7. The molecule has 2 aliphatic carbocycles. The van der Waals surface area contributed by atoms with Gasteiger partial charge in [-0.3, -0.25) is 5.32 Å². The number of nitrogens with zero attached hydrogens (tertiary/aromatic N) is 1. The molecular formula is C31H25Cl3N2O7. The number of carboxylic acid groups (broad SMARTS) is 1. The molecule has 1 heterocycles. The summed E-state index contributed by atoms with van der Waals surface area (Å²) < 4.78 is 16.8. The lowest BCUT2D eigenvalue weighted by atomic mass is 9.96. The molecule has 5 rings (SSSR count). The number of allylic oxidation sites excluding steroid dienone is 2. The van der Waals surface area contributed by atoms with Crippen molar-refractivity contribution in [2.45, 2.75) is 30.4 Å². The summed E-state index contributed by atoms with van der Waals surface area (Å²) in [7, 11) is 0. The van der Waals surface area contributed by atoms with E-state index >= 15 is 0 Å². The molecule has 3 N–H and O–H groups in total. The van der Waals surface area contributed by atoms with Gasteiger partial charge in [-0.15, -0.1) is 0 Å². The van der Waals surface area contributed by atoms with E-state index in [1.54, 1.807) is 42.5 Å². The molecule has 9 nitrogen and oxygen atoms in total. The molecule has 0 bridgehead atoms. The molecule has 0 radical (unpaired) electrons. The summed E-state index contributed by atoms with van der Waals surface area (Å²) in [4.78, 5) is 23.6. The zero-order valence-corrected chi connectivity index (χ0v) is 24.7. The van der Waals surface area contributed by atoms with Crippen molar-refractivity contribution in [3.05, 3.63) is 93.2 Å². The van der Waals surface area contributed by atoms with Crippen LogP contribution in [0.4, 0.5) is 10.5 Å². The van der Waals surface area contributed by atoms with Gasteiger partial charge < -0.3 is 24.2 Å². The molecule has 1 amide bonds. The van der Waals surface area contributed by atoms with Gasteiger partial charge in [-0.2, -0.15) is 0 Å². The van der Waals surface area contributed by atoms with Gasteiger partial charge in [-0.05, 0) is 49.2 Å². The van der Waals surface area contributed by atoms with Crippen molar-refractivity contribution < 1.29 is 33.8 Å². The van der Waals surface area contributed by atoms with Crippen LogP contribution >= 0.6 is 34.8 Å². The highest BCUT2D eigenvalue weighted by atomic mass is 35.5. The molecule has 1 saturated carbocycles. The number of carboxylic acids is 1. The number of hydrogen-bond donors (Lipinski definition) is 3. The van der Waals surface area contributed by atoms with E-state index in [4.69, 9.17) is 53.9 Å². The third-order valence-electron chi connectivity index (χ3n) is 6.69. The van der Waals surface area contributed by atoms with Crippen molar-refractivity contribution in [1.29, 1.82) is 0 Å². The Labute approximate surface area is 262 Å². The topological polar surface area (TPSA) is 131 Å². The van der Waals surface area contributed by atoms with Crippen LogP contribution < -0.4 is 5.32 Å². The Morgan fingerprint density at radius 2 is 1.93 bits per heavy atom. The Kier molecular flexibility index (Phi) is 9.45. The van der Waals surface area contributed by atoms with E-state index in [0.717, 1.165) is 12.8 Å². The number of alkyl halides is 1. The van der Waals surface area contributed by atoms with Gasteiger partial charge in [0, 0.05) is 28.3 Å². The van der Waals surface area contributed by atoms with Crippen molar-refractivity contribution in [2.24, 2.45) is 5.92 Å². The van der Waals surface area contributed by atoms with Crippen molar-refractivity contribution in [3.8, 4) is 23.1 Å². The van der Waals surface area contributed by atoms with Gasteiger partial charge in [-0.25, -0.2) is 9.59 Å². The second-order valence-corrected chi connectivity index (χ2v) is 11.2. The number of ether oxygens (including phenoxy) is 2. The first-order valence-corrected chi connectivity index (χ1v) is 14.4. The molecule has 222 valence electrons. The number of benzene rings is 2. The minimum absolute atomic E-state index is 0.0323. The Balaban J connectivity index is 1.41. The molecule has 1 fully saturated rings. The van der Waals surface area contributed by atoms with Gasteiger partial charge in [0.15, 0.2) is 5.06 Å². The summed E-state index contributed by atoms with van der Waals surface area (Å²) in [5.74, 6) is 5.07. The van der Waals surface area contributed by atoms with Crippen molar-refractivity contribution in [3.63, 3.8) is 0 Å². The average Bonchev–Trinajstić information content (AvgIpc) is 3.74. The number of aromatic nitrogens is 1. The summed E-state index contributed by atoms with van der Waals surface area (Å²) >= 11 is 20.0. The summed E-state index contributed by atoms with van der Waals surface area (Å²) in [6, 6.07) is 9.33. The van der Waals surface area contributed by atoms with Crippen molar-refractivity contribution >= 4 is 52.6 Å². The highest BCUT2D eigenvalue weighted by Gasteiger charge is 2.38. The lowest BCUT2D eigenvalue weighted by Gasteiger charge is -2.29. The largest absolute Gasteiger partial charge is 0.478 e. The molecule has 0 saturated heterocycles. The number of hydrogen-bond acceptors (Lipinski definition) is 7. The SMILES string of the molecule is O=C(Nc1cc(C#CC2C=CC=CC2(Cl)OCc2c(-c3c(Cl)cccc3Cl)noc2C2CC2)cc(C(=O)O)c1)OCCO. The molecule has 2 atom stereocenters. The molecular weight excluding hydrogens is 619 g/mol. The van der Waals surface area contributed by atoms with E-state index in [0.29, 0.717) is 38.2 Å². The van der Waals surface area contributed by atoms with Gasteiger partial charge in [0.05, 0.1) is 34.7 Å². The number of anilines is 1. The van der Waals surface area contributed by atoms with Gasteiger partial charge >= 0.3 is 12.1 Å². The number of aromatic carboxylic acids is 1. The van der Waals surface area contributed by atoms with Gasteiger partial charge in [0.2, 0.25) is 0 Å². The minimum atomic E-state index is -1.39. The maximum absolute atomic E-state index is 11.9. The fourth-order valence-corrected chi connectivity index (χ4v) is 5.29. The summed E-state index contributed by atoms with van der Waals surface area (Å²) in [5, 5.41) is 24.6. The van der Waals surface area contributed by atoms with Gasteiger partial charge in [-0.1, -0.05) is 76.1 Å². The van der Waals surface area contributed by atoms with Gasteiger partial charge in [0.25, 0.3) is 0 Å². The minimum Gasteiger partial charge on any atom is -0.478 e. The number of rotatable bonds is 9. The van der Waals surface area contributed by atoms with Gasteiger partial charge in [0.1, 0.15) is 18.1 Å². The van der Waals surface area contributed by atoms with Crippen LogP contribution in [0.5, 0.6) is 0 Å². The van der Waals surface area contributed by atoms with Crippen molar-refractivity contribution in [1.82, 2.24) is 5.16 Å². The predicted octanol–water partition coefficient (Wildman–Crippen LogP) is 7.01. The Morgan fingerprint density at radius 3 is 2.63 bits per heavy atom. The summed E-state index contributed by atoms with van der Waals surface area (Å²) in [5.41, 5.74) is 2.10. The first-order valence-electron chi connectivity index (χ1n) is 13.2. The molecule has 2 unspecified atom stereocenters. The monoisotopic (exact) mass is 642 g/mol. The number of carbonyl (C=O) groups excluding carboxylic acids is 1. The molecule has 43 heavy (non-hydrogen) atoms. The number of nitrogens with one attached hydrogen (secondary N) is 1. The summed E-state index contributed by atoms with van der Waals surface area (Å²) in [6.45, 7) is -0.524. The fourth-order valence-electron chi connectivity index (χ4n) is 4.46. The third kappa shape index (κ3) is 7.24. The highest BCUT2D eigenvalue weighted by molar-refractivity contribution is 6.39. The van der Waals surface area contributed by atoms with Crippen LogP contribution in [0.2, 0.25) is 10.0 Å². The van der Waals surface area contributed by atoms with E-state index in [2.05, 4.69) is 22.3 Å². The maximum atomic E-state index is 11.9. The van der Waals surface area contributed by atoms with Crippen molar-refractivity contribution in [2.75, 3.05) is 18.5 Å². The number of carbonyl (C=O) groups is 2. The number of aliphatic hydroxyl groups excluding tert-OH is 1. The highest BCUT2D eigenvalue weighted by Crippen LogP contribution is 2.47. The van der Waals surface area contributed by atoms with E-state index in [1.807, 2.05) is 0 Å². The quantitative estimate of drug-likeness (QED) is 0.168. The zero-order chi connectivity index (χ0) is 30.6. The maximum Gasteiger partial charge on any atom is 0.411 e. The molecule has 12 heteroatoms. The third-order valence-corrected chi connectivity index (χ3v) is 7.79. The van der Waals surface area contributed by atoms with E-state index in [-0.39, 0.29) is 37.0 Å². The van der Waals surface area contributed by atoms with Crippen LogP contribution in [-0.4, -0.2) is 45.7 Å². The Morgan fingerprint density at radius 1 is 1.16 bits per heavy atom. The first-order chi connectivity index (χ1) is 20.7. The molecule has 0 spiro atoms. The van der Waals surface area contributed by atoms with Crippen LogP contribution in [0.3, 0.4) is 0 Å². The lowest BCUT2D eigenvalue weighted by molar-refractivity contribution is 0.0248. The van der Waals surface area contributed by atoms with Crippen LogP contribution in [0.25, 0.3) is 11.3 Å². The average molecular weight is 644 g/mol. The lowest BCUT2D eigenvalue weighted by Crippen LogP contribution is -2.32. The van der Waals surface area contributed by atoms with Crippen LogP contribution in [0.1, 0.15) is 46.0 Å². The predicted molar refractivity (Wildman–Crippen MR) is 161 cm³/mol. The normalized spacial score (nSPS) is 19.0. The number of aliphatic hydroxyl groups is 1. The fraction of sp³-hybridized carbons (Fsp3) is 0.258. The van der Waals surface area contributed by atoms with E-state index < -0.39 is 23.0 Å². The number of amides is 1. The standard InChI is InChI=1S/C31H25Cl3N2O7/c32-24-5-3-6-25(33)26(24)27-23(28(43-36-27)19-8-9-19)17-42-31(34)11-2-1-4-21(31)10-7-18-14-20(29(38)39)16-22(15-18)35-30(40)41-13-12-37/h1-6,11,14-16,19,21,37H,8-9,12-13,17H2,(H,35,40)(H,38,39). The second kappa shape index (κ2) is 13.2. The molecule has 2 aromatic carbocycles. The Bertz CT molecular complexity index is 1650. The van der Waals surface area contributed by atoms with Crippen LogP contribution in [0.15, 0.2) is 65.2 Å². The summed E-state index contributed by atoms with van der Waals surface area (Å²) in [6.07, 6.45) is 8.06. The van der Waals surface area contributed by atoms with E-state index in [1.165, 1.54) is 18.2 Å². The van der Waals surface area contributed by atoms with Crippen LogP contribution in [-0.2, 0) is 16.1 Å². The smallest absolute Gasteiger partial charge is 0.411 e. The zero-order valence-electron chi connectivity index (χ0n) is 22.5. The molecule has 0 aliphatic heterocycles. The van der Waals surface area contributed by atoms with Crippen LogP contribution in [0, 0.1) is 17.8 Å².